The van der Waals surface area contributed by atoms with E-state index in [0.29, 0.717) is 12.4 Å². The maximum Gasteiger partial charge on any atom is 0.165 e. The summed E-state index contributed by atoms with van der Waals surface area (Å²) in [5.74, 6) is 0.0667. The summed E-state index contributed by atoms with van der Waals surface area (Å²) >= 11 is 0. The van der Waals surface area contributed by atoms with E-state index in [1.54, 1.807) is 12.1 Å². The van der Waals surface area contributed by atoms with Gasteiger partial charge in [0.1, 0.15) is 0 Å². The molecule has 0 aliphatic carbocycles. The van der Waals surface area contributed by atoms with Crippen LogP contribution in [-0.2, 0) is 6.42 Å². The van der Waals surface area contributed by atoms with E-state index in [9.17, 15) is 4.39 Å². The van der Waals surface area contributed by atoms with Gasteiger partial charge < -0.3 is 15.0 Å². The molecule has 0 aliphatic heterocycles. The van der Waals surface area contributed by atoms with Gasteiger partial charge in [0.05, 0.1) is 6.61 Å². The van der Waals surface area contributed by atoms with Gasteiger partial charge in [-0.25, -0.2) is 4.39 Å². The summed E-state index contributed by atoms with van der Waals surface area (Å²) in [6, 6.07) is 5.21. The fraction of sp³-hybridized carbons (Fsp3) is 0.571. The molecule has 0 fully saturated rings. The largest absolute Gasteiger partial charge is 0.491 e. The van der Waals surface area contributed by atoms with E-state index < -0.39 is 0 Å². The summed E-state index contributed by atoms with van der Waals surface area (Å²) in [5.41, 5.74) is 1.01. The van der Waals surface area contributed by atoms with Gasteiger partial charge in [-0.3, -0.25) is 0 Å². The van der Waals surface area contributed by atoms with Crippen LogP contribution in [0.2, 0.25) is 0 Å². The number of hydrogen-bond donors (Lipinski definition) is 1. The molecular formula is C14H23FN2O. The summed E-state index contributed by atoms with van der Waals surface area (Å²) < 4.78 is 18.8. The number of nitrogens with zero attached hydrogens (tertiary/aromatic N) is 1. The number of benzene rings is 1. The van der Waals surface area contributed by atoms with Gasteiger partial charge in [-0.05, 0) is 45.1 Å². The number of ether oxygens (including phenoxy) is 1. The van der Waals surface area contributed by atoms with E-state index in [-0.39, 0.29) is 5.82 Å². The van der Waals surface area contributed by atoms with Crippen molar-refractivity contribution < 1.29 is 9.13 Å². The van der Waals surface area contributed by atoms with Gasteiger partial charge in [0.15, 0.2) is 11.6 Å². The van der Waals surface area contributed by atoms with Crippen LogP contribution in [0.3, 0.4) is 0 Å². The lowest BCUT2D eigenvalue weighted by molar-refractivity contribution is 0.320. The summed E-state index contributed by atoms with van der Waals surface area (Å²) in [6.45, 7) is 5.23. The molecule has 1 aromatic carbocycles. The van der Waals surface area contributed by atoms with E-state index in [2.05, 4.69) is 17.3 Å². The van der Waals surface area contributed by atoms with E-state index in [0.717, 1.165) is 31.6 Å². The van der Waals surface area contributed by atoms with Gasteiger partial charge in [0.2, 0.25) is 0 Å². The lowest BCUT2D eigenvalue weighted by atomic mass is 10.1. The Morgan fingerprint density at radius 1 is 1.33 bits per heavy atom. The van der Waals surface area contributed by atoms with Crippen LogP contribution >= 0.6 is 0 Å². The number of likely N-dealkylation sites (N-methyl/N-ethyl adjacent to an activating group) is 2. The molecule has 0 saturated carbocycles. The van der Waals surface area contributed by atoms with E-state index in [1.807, 2.05) is 20.0 Å². The van der Waals surface area contributed by atoms with E-state index in [1.165, 1.54) is 0 Å². The number of nitrogens with one attached hydrogen (secondary N) is 1. The molecule has 1 aromatic rings. The van der Waals surface area contributed by atoms with Crippen LogP contribution in [0.4, 0.5) is 4.39 Å². The minimum atomic E-state index is -0.271. The molecule has 0 saturated heterocycles. The molecule has 102 valence electrons. The molecule has 0 aliphatic rings. The highest BCUT2D eigenvalue weighted by Gasteiger charge is 2.05. The van der Waals surface area contributed by atoms with Crippen molar-refractivity contribution in [1.29, 1.82) is 0 Å². The average molecular weight is 254 g/mol. The minimum absolute atomic E-state index is 0.271. The smallest absolute Gasteiger partial charge is 0.165 e. The summed E-state index contributed by atoms with van der Waals surface area (Å²) in [7, 11) is 4.01. The fourth-order valence-corrected chi connectivity index (χ4v) is 1.71. The molecule has 4 heteroatoms. The normalized spacial score (nSPS) is 10.9. The molecule has 0 unspecified atom stereocenters. The van der Waals surface area contributed by atoms with Crippen LogP contribution in [0.5, 0.6) is 5.75 Å². The molecule has 0 spiro atoms. The lowest BCUT2D eigenvalue weighted by Crippen LogP contribution is -2.29. The van der Waals surface area contributed by atoms with Gasteiger partial charge in [-0.15, -0.1) is 0 Å². The monoisotopic (exact) mass is 254 g/mol. The van der Waals surface area contributed by atoms with Crippen molar-refractivity contribution in [3.8, 4) is 5.75 Å². The molecule has 18 heavy (non-hydrogen) atoms. The van der Waals surface area contributed by atoms with Crippen LogP contribution < -0.4 is 10.1 Å². The molecule has 1 rings (SSSR count). The molecule has 0 aromatic heterocycles. The van der Waals surface area contributed by atoms with Crippen LogP contribution in [0, 0.1) is 5.82 Å². The van der Waals surface area contributed by atoms with Crippen molar-refractivity contribution in [3.63, 3.8) is 0 Å². The Hall–Kier alpha value is -1.13. The first-order valence-corrected chi connectivity index (χ1v) is 6.41. The lowest BCUT2D eigenvalue weighted by Gasteiger charge is -2.16. The predicted molar refractivity (Wildman–Crippen MR) is 72.7 cm³/mol. The molecule has 1 N–H and O–H groups in total. The Morgan fingerprint density at radius 2 is 2.11 bits per heavy atom. The summed E-state index contributed by atoms with van der Waals surface area (Å²) in [4.78, 5) is 2.23. The van der Waals surface area contributed by atoms with Gasteiger partial charge >= 0.3 is 0 Å². The summed E-state index contributed by atoms with van der Waals surface area (Å²) in [6.07, 6.45) is 0.851. The maximum atomic E-state index is 13.6. The Balaban J connectivity index is 2.45. The third-order valence-electron chi connectivity index (χ3n) is 2.82. The van der Waals surface area contributed by atoms with Crippen molar-refractivity contribution >= 4 is 0 Å². The number of halogens is 1. The highest BCUT2D eigenvalue weighted by molar-refractivity contribution is 5.29. The van der Waals surface area contributed by atoms with E-state index >= 15 is 0 Å². The third kappa shape index (κ3) is 5.02. The molecule has 0 bridgehead atoms. The van der Waals surface area contributed by atoms with Crippen LogP contribution in [0.1, 0.15) is 12.5 Å². The molecule has 0 atom stereocenters. The molecular weight excluding hydrogens is 231 g/mol. The Morgan fingerprint density at radius 3 is 2.72 bits per heavy atom. The van der Waals surface area contributed by atoms with Crippen molar-refractivity contribution in [2.75, 3.05) is 40.3 Å². The zero-order valence-corrected chi connectivity index (χ0v) is 11.5. The summed E-state index contributed by atoms with van der Waals surface area (Å²) in [5, 5.41) is 3.11. The molecule has 3 nitrogen and oxygen atoms in total. The van der Waals surface area contributed by atoms with Gasteiger partial charge in [0.25, 0.3) is 0 Å². The zero-order chi connectivity index (χ0) is 13.4. The molecule has 0 radical (unpaired) electrons. The van der Waals surface area contributed by atoms with Gasteiger partial charge in [-0.2, -0.15) is 0 Å². The van der Waals surface area contributed by atoms with Crippen LogP contribution in [0.25, 0.3) is 0 Å². The first-order chi connectivity index (χ1) is 8.67. The first kappa shape index (κ1) is 14.9. The third-order valence-corrected chi connectivity index (χ3v) is 2.82. The Kier molecular flexibility index (Phi) is 6.68. The van der Waals surface area contributed by atoms with Crippen LogP contribution in [0.15, 0.2) is 18.2 Å². The van der Waals surface area contributed by atoms with Gasteiger partial charge in [-0.1, -0.05) is 6.07 Å². The highest BCUT2D eigenvalue weighted by atomic mass is 19.1. The van der Waals surface area contributed by atoms with E-state index in [4.69, 9.17) is 4.74 Å². The van der Waals surface area contributed by atoms with Crippen molar-refractivity contribution in [1.82, 2.24) is 10.2 Å². The number of rotatable bonds is 8. The SMILES string of the molecule is CCOc1ccc(CCN(C)CCNC)cc1F. The predicted octanol–water partition coefficient (Wildman–Crippen LogP) is 1.92. The van der Waals surface area contributed by atoms with Crippen molar-refractivity contribution in [3.05, 3.63) is 29.6 Å². The minimum Gasteiger partial charge on any atom is -0.491 e. The first-order valence-electron chi connectivity index (χ1n) is 6.41. The standard InChI is InChI=1S/C14H23FN2O/c1-4-18-14-6-5-12(11-13(14)15)7-9-17(3)10-8-16-2/h5-6,11,16H,4,7-10H2,1-3H3. The maximum absolute atomic E-state index is 13.6. The molecule has 0 amide bonds. The second-order valence-corrected chi connectivity index (χ2v) is 4.35. The van der Waals surface area contributed by atoms with Crippen molar-refractivity contribution in [2.45, 2.75) is 13.3 Å². The Labute approximate surface area is 109 Å². The highest BCUT2D eigenvalue weighted by Crippen LogP contribution is 2.18. The fourth-order valence-electron chi connectivity index (χ4n) is 1.71. The second-order valence-electron chi connectivity index (χ2n) is 4.35. The quantitative estimate of drug-likeness (QED) is 0.767. The van der Waals surface area contributed by atoms with Crippen LogP contribution in [-0.4, -0.2) is 45.2 Å². The topological polar surface area (TPSA) is 24.5 Å². The second kappa shape index (κ2) is 8.06. The van der Waals surface area contributed by atoms with Gasteiger partial charge in [0, 0.05) is 19.6 Å². The van der Waals surface area contributed by atoms with Crippen molar-refractivity contribution in [2.24, 2.45) is 0 Å². The number of hydrogen-bond acceptors (Lipinski definition) is 3. The Bertz CT molecular complexity index is 358. The average Bonchev–Trinajstić information content (AvgIpc) is 2.37. The zero-order valence-electron chi connectivity index (χ0n) is 11.5. The molecule has 0 heterocycles.